The minimum absolute atomic E-state index is 0.115. The Morgan fingerprint density at radius 1 is 0.970 bits per heavy atom. The van der Waals surface area contributed by atoms with Crippen molar-refractivity contribution in [1.29, 1.82) is 0 Å². The number of nitrogens with zero attached hydrogens (tertiary/aromatic N) is 7. The third kappa shape index (κ3) is 4.22. The second-order valence-electron chi connectivity index (χ2n) is 7.35. The smallest absolute Gasteiger partial charge is 0.253 e. The third-order valence-corrected chi connectivity index (χ3v) is 4.95. The molecule has 0 bridgehead atoms. The molecule has 0 spiro atoms. The van der Waals surface area contributed by atoms with Gasteiger partial charge in [0.25, 0.3) is 5.56 Å². The number of carbonyl (C=O) groups is 1. The molecule has 10 heteroatoms. The standard InChI is InChI=1S/C23H18N8O2/c1-15-12-22(33)30(14-25-15)13-21(32)26-17-7-5-16(6-8-17)18-9-10-20-27-28-23(31(20)29-18)19-4-2-3-11-24-19/h2-12,14H,13H2,1H3,(H,26,32). The molecule has 0 atom stereocenters. The van der Waals surface area contributed by atoms with Gasteiger partial charge in [-0.05, 0) is 43.3 Å². The Balaban J connectivity index is 1.35. The Kier molecular flexibility index (Phi) is 5.15. The van der Waals surface area contributed by atoms with Crippen molar-refractivity contribution >= 4 is 17.2 Å². The summed E-state index contributed by atoms with van der Waals surface area (Å²) in [7, 11) is 0. The van der Waals surface area contributed by atoms with Crippen LogP contribution in [0.3, 0.4) is 0 Å². The lowest BCUT2D eigenvalue weighted by Gasteiger charge is -2.08. The molecular formula is C23H18N8O2. The van der Waals surface area contributed by atoms with E-state index in [9.17, 15) is 9.59 Å². The van der Waals surface area contributed by atoms with E-state index in [-0.39, 0.29) is 18.0 Å². The van der Waals surface area contributed by atoms with Crippen LogP contribution in [0.15, 0.2) is 78.0 Å². The maximum atomic E-state index is 12.3. The van der Waals surface area contributed by atoms with Gasteiger partial charge in [-0.2, -0.15) is 9.61 Å². The fourth-order valence-corrected chi connectivity index (χ4v) is 3.31. The molecule has 1 aromatic carbocycles. The maximum absolute atomic E-state index is 12.3. The lowest BCUT2D eigenvalue weighted by Crippen LogP contribution is -2.27. The van der Waals surface area contributed by atoms with Crippen LogP contribution in [0.4, 0.5) is 5.69 Å². The average Bonchev–Trinajstić information content (AvgIpc) is 3.25. The Hall–Kier alpha value is -4.73. The highest BCUT2D eigenvalue weighted by atomic mass is 16.2. The van der Waals surface area contributed by atoms with Crippen molar-refractivity contribution in [3.63, 3.8) is 0 Å². The zero-order valence-electron chi connectivity index (χ0n) is 17.6. The molecule has 1 N–H and O–H groups in total. The number of aromatic nitrogens is 7. The monoisotopic (exact) mass is 438 g/mol. The number of anilines is 1. The quantitative estimate of drug-likeness (QED) is 0.447. The van der Waals surface area contributed by atoms with E-state index < -0.39 is 0 Å². The van der Waals surface area contributed by atoms with Gasteiger partial charge in [-0.3, -0.25) is 19.1 Å². The van der Waals surface area contributed by atoms with Gasteiger partial charge in [0, 0.05) is 29.2 Å². The fraction of sp³-hybridized carbons (Fsp3) is 0.0870. The summed E-state index contributed by atoms with van der Waals surface area (Å²) >= 11 is 0. The Morgan fingerprint density at radius 2 is 1.82 bits per heavy atom. The van der Waals surface area contributed by atoms with Gasteiger partial charge in [-0.15, -0.1) is 10.2 Å². The summed E-state index contributed by atoms with van der Waals surface area (Å²) in [5.74, 6) is 0.233. The van der Waals surface area contributed by atoms with Crippen molar-refractivity contribution < 1.29 is 4.79 Å². The van der Waals surface area contributed by atoms with E-state index in [2.05, 4.69) is 30.6 Å². The second kappa shape index (κ2) is 8.42. The fourth-order valence-electron chi connectivity index (χ4n) is 3.31. The molecule has 0 fully saturated rings. The van der Waals surface area contributed by atoms with Crippen LogP contribution in [0.5, 0.6) is 0 Å². The molecule has 1 amide bonds. The predicted molar refractivity (Wildman–Crippen MR) is 121 cm³/mol. The first-order valence-corrected chi connectivity index (χ1v) is 10.1. The van der Waals surface area contributed by atoms with Crippen LogP contribution in [0.2, 0.25) is 0 Å². The van der Waals surface area contributed by atoms with E-state index in [0.29, 0.717) is 28.5 Å². The number of hydrogen-bond donors (Lipinski definition) is 1. The van der Waals surface area contributed by atoms with Crippen molar-refractivity contribution in [2.75, 3.05) is 5.32 Å². The van der Waals surface area contributed by atoms with Crippen molar-refractivity contribution in [2.24, 2.45) is 0 Å². The molecule has 4 aromatic heterocycles. The number of aryl methyl sites for hydroxylation is 1. The van der Waals surface area contributed by atoms with E-state index in [1.807, 2.05) is 42.5 Å². The van der Waals surface area contributed by atoms with E-state index in [1.54, 1.807) is 29.8 Å². The van der Waals surface area contributed by atoms with Crippen LogP contribution < -0.4 is 10.9 Å². The molecule has 4 heterocycles. The number of hydrogen-bond acceptors (Lipinski definition) is 7. The number of benzene rings is 1. The lowest BCUT2D eigenvalue weighted by molar-refractivity contribution is -0.116. The van der Waals surface area contributed by atoms with E-state index in [4.69, 9.17) is 0 Å². The van der Waals surface area contributed by atoms with Gasteiger partial charge in [-0.1, -0.05) is 18.2 Å². The van der Waals surface area contributed by atoms with Crippen molar-refractivity contribution in [3.05, 3.63) is 89.2 Å². The summed E-state index contributed by atoms with van der Waals surface area (Å²) in [6, 6.07) is 17.9. The summed E-state index contributed by atoms with van der Waals surface area (Å²) in [5.41, 5.74) is 3.81. The normalized spacial score (nSPS) is 10.9. The lowest BCUT2D eigenvalue weighted by atomic mass is 10.1. The Labute approximate surface area is 187 Å². The molecule has 0 unspecified atom stereocenters. The number of rotatable bonds is 5. The summed E-state index contributed by atoms with van der Waals surface area (Å²) in [5, 5.41) is 15.8. The van der Waals surface area contributed by atoms with Crippen LogP contribution in [0.25, 0.3) is 28.4 Å². The summed E-state index contributed by atoms with van der Waals surface area (Å²) in [6.45, 7) is 1.61. The zero-order valence-corrected chi connectivity index (χ0v) is 17.6. The minimum Gasteiger partial charge on any atom is -0.325 e. The molecule has 162 valence electrons. The number of fused-ring (bicyclic) bond motifs is 1. The van der Waals surface area contributed by atoms with Crippen molar-refractivity contribution in [3.8, 4) is 22.8 Å². The molecule has 0 saturated heterocycles. The summed E-state index contributed by atoms with van der Waals surface area (Å²) < 4.78 is 2.91. The van der Waals surface area contributed by atoms with Crippen LogP contribution >= 0.6 is 0 Å². The predicted octanol–water partition coefficient (Wildman–Crippen LogP) is 2.36. The van der Waals surface area contributed by atoms with Crippen molar-refractivity contribution in [2.45, 2.75) is 13.5 Å². The summed E-state index contributed by atoms with van der Waals surface area (Å²) in [4.78, 5) is 32.6. The molecule has 0 saturated carbocycles. The highest BCUT2D eigenvalue weighted by molar-refractivity contribution is 5.90. The van der Waals surface area contributed by atoms with Gasteiger partial charge in [0.2, 0.25) is 11.7 Å². The first-order valence-electron chi connectivity index (χ1n) is 10.1. The number of amides is 1. The van der Waals surface area contributed by atoms with Gasteiger partial charge in [0.1, 0.15) is 12.2 Å². The largest absolute Gasteiger partial charge is 0.325 e. The molecule has 0 aliphatic rings. The van der Waals surface area contributed by atoms with Gasteiger partial charge in [0.05, 0.1) is 12.0 Å². The highest BCUT2D eigenvalue weighted by Crippen LogP contribution is 2.22. The van der Waals surface area contributed by atoms with Crippen LogP contribution in [-0.4, -0.2) is 40.3 Å². The Morgan fingerprint density at radius 3 is 2.58 bits per heavy atom. The van der Waals surface area contributed by atoms with E-state index >= 15 is 0 Å². The second-order valence-corrected chi connectivity index (χ2v) is 7.35. The highest BCUT2D eigenvalue weighted by Gasteiger charge is 2.12. The number of carbonyl (C=O) groups excluding carboxylic acids is 1. The van der Waals surface area contributed by atoms with Gasteiger partial charge < -0.3 is 5.32 Å². The molecule has 5 aromatic rings. The van der Waals surface area contributed by atoms with Crippen LogP contribution in [0.1, 0.15) is 5.69 Å². The molecular weight excluding hydrogens is 420 g/mol. The molecule has 5 rings (SSSR count). The average molecular weight is 438 g/mol. The topological polar surface area (TPSA) is 120 Å². The van der Waals surface area contributed by atoms with Crippen LogP contribution in [0, 0.1) is 6.92 Å². The van der Waals surface area contributed by atoms with E-state index in [1.165, 1.54) is 17.0 Å². The van der Waals surface area contributed by atoms with Gasteiger partial charge in [0.15, 0.2) is 5.65 Å². The first kappa shape index (κ1) is 20.2. The minimum atomic E-state index is -0.320. The van der Waals surface area contributed by atoms with Gasteiger partial charge in [-0.25, -0.2) is 4.98 Å². The SMILES string of the molecule is Cc1cc(=O)n(CC(=O)Nc2ccc(-c3ccc4nnc(-c5ccccn5)n4n3)cc2)cn1. The van der Waals surface area contributed by atoms with E-state index in [0.717, 1.165) is 11.3 Å². The molecule has 33 heavy (non-hydrogen) atoms. The van der Waals surface area contributed by atoms with Gasteiger partial charge >= 0.3 is 0 Å². The molecule has 0 radical (unpaired) electrons. The van der Waals surface area contributed by atoms with Crippen molar-refractivity contribution in [1.82, 2.24) is 34.3 Å². The maximum Gasteiger partial charge on any atom is 0.253 e. The zero-order chi connectivity index (χ0) is 22.8. The number of pyridine rings is 1. The molecule has 10 nitrogen and oxygen atoms in total. The van der Waals surface area contributed by atoms with Crippen LogP contribution in [-0.2, 0) is 11.3 Å². The molecule has 0 aliphatic heterocycles. The third-order valence-electron chi connectivity index (χ3n) is 4.95. The summed E-state index contributed by atoms with van der Waals surface area (Å²) in [6.07, 6.45) is 3.06. The molecule has 0 aliphatic carbocycles. The Bertz CT molecular complexity index is 1510. The number of nitrogens with one attached hydrogen (secondary N) is 1. The first-order chi connectivity index (χ1) is 16.1.